The molecule has 6 saturated heterocycles. The molecule has 1 saturated carbocycles. The van der Waals surface area contributed by atoms with Gasteiger partial charge in [0.05, 0.1) is 67.3 Å². The molecular weight excluding hydrogens is 1040 g/mol. The molecule has 0 radical (unpaired) electrons. The highest BCUT2D eigenvalue weighted by Gasteiger charge is 2.51. The largest absolute Gasteiger partial charge is 0.464 e. The van der Waals surface area contributed by atoms with Gasteiger partial charge < -0.3 is 39.2 Å². The number of hydrogen-bond acceptors (Lipinski definition) is 14. The van der Waals surface area contributed by atoms with E-state index in [0.717, 1.165) is 94.6 Å². The number of fused-ring (bicyclic) bond motifs is 7. The average molecular weight is 1130 g/mol. The van der Waals surface area contributed by atoms with E-state index in [4.69, 9.17) is 19.2 Å². The summed E-state index contributed by atoms with van der Waals surface area (Å²) in [6, 6.07) is 5.55. The van der Waals surface area contributed by atoms with Crippen molar-refractivity contribution in [3.05, 3.63) is 53.4 Å². The summed E-state index contributed by atoms with van der Waals surface area (Å²) in [7, 11) is 1.58. The van der Waals surface area contributed by atoms with E-state index in [0.29, 0.717) is 105 Å². The second-order valence-corrected chi connectivity index (χ2v) is 25.7. The maximum atomic E-state index is 15.3. The Morgan fingerprint density at radius 1 is 0.975 bits per heavy atom. The predicted molar refractivity (Wildman–Crippen MR) is 300 cm³/mol. The van der Waals surface area contributed by atoms with Gasteiger partial charge in [0.25, 0.3) is 5.91 Å². The van der Waals surface area contributed by atoms with Crippen LogP contribution in [-0.4, -0.2) is 206 Å². The van der Waals surface area contributed by atoms with Crippen LogP contribution < -0.4 is 21.0 Å². The first-order valence-corrected chi connectivity index (χ1v) is 30.0. The van der Waals surface area contributed by atoms with Gasteiger partial charge in [-0.1, -0.05) is 38.8 Å². The Labute approximate surface area is 473 Å². The third-order valence-corrected chi connectivity index (χ3v) is 19.3. The number of halogens is 3. The van der Waals surface area contributed by atoms with E-state index in [1.54, 1.807) is 13.2 Å². The molecule has 3 amide bonds. The van der Waals surface area contributed by atoms with Crippen molar-refractivity contribution in [2.45, 2.75) is 134 Å². The number of esters is 1. The van der Waals surface area contributed by atoms with Crippen LogP contribution in [0.1, 0.15) is 101 Å². The molecule has 1 unspecified atom stereocenters. The van der Waals surface area contributed by atoms with Crippen molar-refractivity contribution >= 4 is 45.9 Å². The minimum Gasteiger partial charge on any atom is -0.464 e. The molecule has 8 aliphatic heterocycles. The van der Waals surface area contributed by atoms with Crippen molar-refractivity contribution in [2.24, 2.45) is 16.7 Å². The van der Waals surface area contributed by atoms with Gasteiger partial charge in [0.2, 0.25) is 11.8 Å². The highest BCUT2D eigenvalue weighted by atomic mass is 19.4. The van der Waals surface area contributed by atoms with Gasteiger partial charge in [0.1, 0.15) is 18.6 Å². The number of ether oxygens (including phenoxy) is 3. The lowest BCUT2D eigenvalue weighted by atomic mass is 9.84. The number of hydrazine groups is 1. The zero-order valence-corrected chi connectivity index (χ0v) is 47.7. The zero-order valence-electron chi connectivity index (χ0n) is 47.7. The quantitative estimate of drug-likeness (QED) is 0.180. The first kappa shape index (κ1) is 56.3. The third-order valence-electron chi connectivity index (χ3n) is 19.3. The number of amides is 3. The van der Waals surface area contributed by atoms with Gasteiger partial charge in [-0.3, -0.25) is 43.9 Å². The number of morpholine rings is 1. The average Bonchev–Trinajstić information content (AvgIpc) is 3.43. The van der Waals surface area contributed by atoms with E-state index in [-0.39, 0.29) is 60.7 Å². The second kappa shape index (κ2) is 22.8. The maximum absolute atomic E-state index is 15.3. The number of benzene rings is 1. The van der Waals surface area contributed by atoms with Gasteiger partial charge in [-0.15, -0.1) is 0 Å². The minimum absolute atomic E-state index is 0.0540. The number of rotatable bonds is 10. The number of piperazine rings is 1. The van der Waals surface area contributed by atoms with Crippen LogP contribution in [0.5, 0.6) is 0 Å². The molecule has 9 aliphatic rings. The van der Waals surface area contributed by atoms with Gasteiger partial charge in [-0.25, -0.2) is 5.43 Å². The molecule has 18 nitrogen and oxygen atoms in total. The predicted octanol–water partition coefficient (Wildman–Crippen LogP) is 5.14. The Balaban J connectivity index is 0.901. The Morgan fingerprint density at radius 3 is 2.58 bits per heavy atom. The molecular formula is C60H82F3N11O7. The molecule has 1 aliphatic carbocycles. The zero-order chi connectivity index (χ0) is 56.4. The molecule has 3 N–H and O–H groups in total. The van der Waals surface area contributed by atoms with Crippen LogP contribution in [-0.2, 0) is 46.4 Å². The van der Waals surface area contributed by atoms with Crippen molar-refractivity contribution in [3.63, 3.8) is 0 Å². The monoisotopic (exact) mass is 1130 g/mol. The molecule has 8 atom stereocenters. The minimum atomic E-state index is -4.60. The Bertz CT molecular complexity index is 2910. The van der Waals surface area contributed by atoms with Crippen LogP contribution in [0.3, 0.4) is 0 Å². The molecule has 12 rings (SSSR count). The normalized spacial score (nSPS) is 29.6. The number of aromatic nitrogens is 2. The standard InChI is InChI=1S/C60H82F3N11O7/c1-38(79-4)51-45(26-42(28-65-51)70-22-21-69-23-24-80-33-43(69)31-70)53-46-27-58(2,3)37-81-57(78)47-12-8-18-74(67-47)56(77)49(32-68-17-7-11-41(30-68)40-13-14-50(44(46)25-40)73(53)36-60(61,62)63)66-54(75)52(39-9-5-6-10-39)71-19-15-59(34-71)16-20-72(35-59)55(76)48-29-64-48/h11,13-14,25-26,28,38-39,43,47-49,52,64,67H,5-10,12,15-24,27,29-37H2,1-4H3,(H,66,75)/t38-,43-,47-,48+,49-,52-,59-/m0/s1. The maximum Gasteiger partial charge on any atom is 0.406 e. The fourth-order valence-electron chi connectivity index (χ4n) is 14.8. The molecule has 3 aromatic rings. The highest BCUT2D eigenvalue weighted by Crippen LogP contribution is 2.46. The summed E-state index contributed by atoms with van der Waals surface area (Å²) < 4.78 is 65.2. The lowest BCUT2D eigenvalue weighted by molar-refractivity contribution is -0.155. The van der Waals surface area contributed by atoms with E-state index >= 15 is 22.8 Å². The number of anilines is 1. The lowest BCUT2D eigenvalue weighted by Crippen LogP contribution is -2.63. The Morgan fingerprint density at radius 2 is 1.79 bits per heavy atom. The van der Waals surface area contributed by atoms with Crippen LogP contribution in [0, 0.1) is 16.7 Å². The molecule has 440 valence electrons. The Kier molecular flexibility index (Phi) is 15.8. The van der Waals surface area contributed by atoms with Gasteiger partial charge in [0.15, 0.2) is 0 Å². The third kappa shape index (κ3) is 11.9. The van der Waals surface area contributed by atoms with Crippen LogP contribution in [0.2, 0.25) is 0 Å². The van der Waals surface area contributed by atoms with Gasteiger partial charge in [-0.2, -0.15) is 13.2 Å². The number of cyclic esters (lactones) is 1. The number of hydrogen-bond donors (Lipinski definition) is 3. The summed E-state index contributed by atoms with van der Waals surface area (Å²) in [6.45, 7) is 14.0. The fourth-order valence-corrected chi connectivity index (χ4v) is 14.8. The molecule has 21 heteroatoms. The number of pyridine rings is 1. The van der Waals surface area contributed by atoms with Crippen molar-refractivity contribution in [1.29, 1.82) is 0 Å². The topological polar surface area (TPSA) is 179 Å². The smallest absolute Gasteiger partial charge is 0.406 e. The summed E-state index contributed by atoms with van der Waals surface area (Å²) in [6.07, 6.45) is 6.38. The molecule has 10 heterocycles. The summed E-state index contributed by atoms with van der Waals surface area (Å²) in [4.78, 5) is 74.0. The number of methoxy groups -OCH3 is 1. The van der Waals surface area contributed by atoms with Crippen molar-refractivity contribution < 1.29 is 46.6 Å². The summed E-state index contributed by atoms with van der Waals surface area (Å²) in [5, 5.41) is 8.65. The number of carbonyl (C=O) groups is 4. The van der Waals surface area contributed by atoms with E-state index in [1.807, 2.05) is 50.1 Å². The van der Waals surface area contributed by atoms with Gasteiger partial charge in [0, 0.05) is 113 Å². The van der Waals surface area contributed by atoms with E-state index in [2.05, 4.69) is 41.7 Å². The van der Waals surface area contributed by atoms with Gasteiger partial charge in [-0.05, 0) is 106 Å². The summed E-state index contributed by atoms with van der Waals surface area (Å²) >= 11 is 0. The number of likely N-dealkylation sites (tertiary alicyclic amines) is 2. The second-order valence-electron chi connectivity index (χ2n) is 25.7. The van der Waals surface area contributed by atoms with E-state index in [9.17, 15) is 9.59 Å². The fraction of sp³-hybridized carbons (Fsp3) is 0.683. The number of nitrogens with one attached hydrogen (secondary N) is 3. The molecule has 7 fully saturated rings. The number of nitrogens with zero attached hydrogens (tertiary/aromatic N) is 8. The van der Waals surface area contributed by atoms with E-state index in [1.165, 1.54) is 9.58 Å². The number of carbonyl (C=O) groups excluding carboxylic acids is 4. The van der Waals surface area contributed by atoms with Gasteiger partial charge >= 0.3 is 12.1 Å². The van der Waals surface area contributed by atoms with Crippen molar-refractivity contribution in [1.82, 2.24) is 50.2 Å². The summed E-state index contributed by atoms with van der Waals surface area (Å²) in [5.74, 6) is -0.730. The van der Waals surface area contributed by atoms with Crippen LogP contribution in [0.4, 0.5) is 18.9 Å². The Hall–Kier alpha value is -5.16. The first-order chi connectivity index (χ1) is 38.9. The number of alkyl halides is 3. The first-order valence-electron chi connectivity index (χ1n) is 30.0. The highest BCUT2D eigenvalue weighted by molar-refractivity contribution is 5.95. The van der Waals surface area contributed by atoms with Crippen molar-refractivity contribution in [3.8, 4) is 11.3 Å². The molecule has 81 heavy (non-hydrogen) atoms. The SMILES string of the molecule is CO[C@@H](C)c1ncc(N2CCN3CCOC[C@@H]3C2)cc1-c1c2c3cc(ccc3n1CC(F)(F)F)C1=CCCN(C1)C[C@H](NC(=O)[C@H](C1CCCC1)N1CC[C@]3(CCN(C(=O)[C@H]4CN4)C3)C1)C(=O)N1CCC[C@H](N1)C(=O)OCC(C)(C)C2. The molecule has 1 spiro atoms. The van der Waals surface area contributed by atoms with E-state index < -0.39 is 48.3 Å². The molecule has 2 aromatic heterocycles. The van der Waals surface area contributed by atoms with Crippen LogP contribution in [0.25, 0.3) is 27.7 Å². The lowest BCUT2D eigenvalue weighted by Gasteiger charge is -2.44. The summed E-state index contributed by atoms with van der Waals surface area (Å²) in [5.41, 5.74) is 7.53. The molecule has 6 bridgehead atoms. The van der Waals surface area contributed by atoms with Crippen LogP contribution >= 0.6 is 0 Å². The van der Waals surface area contributed by atoms with Crippen molar-refractivity contribution in [2.75, 3.05) is 117 Å². The molecule has 1 aromatic carbocycles. The van der Waals surface area contributed by atoms with Crippen LogP contribution in [0.15, 0.2) is 36.5 Å².